The Morgan fingerprint density at radius 2 is 2.00 bits per heavy atom. The van der Waals surface area contributed by atoms with E-state index in [1.54, 1.807) is 13.0 Å². The van der Waals surface area contributed by atoms with E-state index in [1.807, 2.05) is 37.3 Å². The standard InChI is InChI=1S/C21H25N3O3/c1-5-7-13-18-16(4)23-20(22-15(3)6-2)24-19(18)27-21(25)26-14-17-11-9-8-10-12-17/h6,8-12H,2,5,7,13-14H2,1,3-4H3. The van der Waals surface area contributed by atoms with Crippen molar-refractivity contribution in [2.75, 3.05) is 0 Å². The Kier molecular flexibility index (Phi) is 7.67. The van der Waals surface area contributed by atoms with Crippen molar-refractivity contribution in [1.29, 1.82) is 0 Å². The lowest BCUT2D eigenvalue weighted by Crippen LogP contribution is -2.14. The molecule has 1 aromatic heterocycles. The summed E-state index contributed by atoms with van der Waals surface area (Å²) in [6, 6.07) is 9.41. The molecule has 0 N–H and O–H groups in total. The van der Waals surface area contributed by atoms with Crippen LogP contribution in [0.3, 0.4) is 0 Å². The van der Waals surface area contributed by atoms with E-state index >= 15 is 0 Å². The number of aromatic nitrogens is 2. The molecule has 0 aliphatic carbocycles. The Morgan fingerprint density at radius 3 is 2.67 bits per heavy atom. The molecule has 6 heteroatoms. The van der Waals surface area contributed by atoms with E-state index in [1.165, 1.54) is 0 Å². The number of rotatable bonds is 8. The highest BCUT2D eigenvalue weighted by Crippen LogP contribution is 2.24. The van der Waals surface area contributed by atoms with E-state index in [4.69, 9.17) is 9.47 Å². The number of allylic oxidation sites excluding steroid dienone is 1. The Morgan fingerprint density at radius 1 is 1.26 bits per heavy atom. The molecule has 0 unspecified atom stereocenters. The van der Waals surface area contributed by atoms with Crippen molar-refractivity contribution in [2.24, 2.45) is 4.99 Å². The second kappa shape index (κ2) is 10.2. The summed E-state index contributed by atoms with van der Waals surface area (Å²) in [5.41, 5.74) is 3.09. The van der Waals surface area contributed by atoms with Gasteiger partial charge >= 0.3 is 6.16 Å². The van der Waals surface area contributed by atoms with Crippen molar-refractivity contribution in [1.82, 2.24) is 9.97 Å². The number of aliphatic imine (C=N–C) groups is 1. The van der Waals surface area contributed by atoms with E-state index in [0.29, 0.717) is 12.1 Å². The molecular formula is C21H25N3O3. The van der Waals surface area contributed by atoms with Gasteiger partial charge in [-0.2, -0.15) is 4.98 Å². The highest BCUT2D eigenvalue weighted by Gasteiger charge is 2.17. The fourth-order valence-corrected chi connectivity index (χ4v) is 2.36. The van der Waals surface area contributed by atoms with Crippen molar-refractivity contribution in [2.45, 2.75) is 46.6 Å². The van der Waals surface area contributed by atoms with Gasteiger partial charge in [0.2, 0.25) is 5.88 Å². The summed E-state index contributed by atoms with van der Waals surface area (Å²) >= 11 is 0. The average Bonchev–Trinajstić information content (AvgIpc) is 2.66. The van der Waals surface area contributed by atoms with Crippen molar-refractivity contribution >= 4 is 17.8 Å². The van der Waals surface area contributed by atoms with Crippen LogP contribution in [0.4, 0.5) is 10.7 Å². The number of unbranched alkanes of at least 4 members (excludes halogenated alkanes) is 1. The predicted octanol–water partition coefficient (Wildman–Crippen LogP) is 5.12. The summed E-state index contributed by atoms with van der Waals surface area (Å²) in [5.74, 6) is 0.431. The topological polar surface area (TPSA) is 73.7 Å². The molecule has 1 heterocycles. The zero-order valence-corrected chi connectivity index (χ0v) is 16.1. The predicted molar refractivity (Wildman–Crippen MR) is 106 cm³/mol. The monoisotopic (exact) mass is 367 g/mol. The first-order valence-corrected chi connectivity index (χ1v) is 8.97. The molecule has 1 aromatic carbocycles. The molecule has 0 saturated carbocycles. The number of hydrogen-bond acceptors (Lipinski definition) is 6. The van der Waals surface area contributed by atoms with E-state index in [0.717, 1.165) is 29.7 Å². The van der Waals surface area contributed by atoms with E-state index in [9.17, 15) is 4.79 Å². The third-order valence-corrected chi connectivity index (χ3v) is 3.90. The Hall–Kier alpha value is -3.02. The fourth-order valence-electron chi connectivity index (χ4n) is 2.36. The van der Waals surface area contributed by atoms with Gasteiger partial charge in [0, 0.05) is 17.0 Å². The number of hydrogen-bond donors (Lipinski definition) is 0. The Balaban J connectivity index is 2.20. The molecule has 0 atom stereocenters. The minimum atomic E-state index is -0.801. The van der Waals surface area contributed by atoms with Crippen molar-refractivity contribution in [3.05, 3.63) is 59.8 Å². The Labute approximate surface area is 160 Å². The lowest BCUT2D eigenvalue weighted by Gasteiger charge is -2.12. The lowest BCUT2D eigenvalue weighted by atomic mass is 10.1. The number of nitrogens with zero attached hydrogens (tertiary/aromatic N) is 3. The molecule has 0 aliphatic heterocycles. The van der Waals surface area contributed by atoms with Gasteiger partial charge in [-0.25, -0.2) is 14.8 Å². The molecule has 142 valence electrons. The fraction of sp³-hybridized carbons (Fsp3) is 0.333. The number of aryl methyl sites for hydroxylation is 1. The second-order valence-electron chi connectivity index (χ2n) is 6.08. The summed E-state index contributed by atoms with van der Waals surface area (Å²) in [7, 11) is 0. The lowest BCUT2D eigenvalue weighted by molar-refractivity contribution is 0.0908. The Bertz CT molecular complexity index is 817. The van der Waals surface area contributed by atoms with Crippen LogP contribution in [0, 0.1) is 6.92 Å². The van der Waals surface area contributed by atoms with E-state index < -0.39 is 6.16 Å². The first-order chi connectivity index (χ1) is 13.0. The van der Waals surface area contributed by atoms with Crippen LogP contribution >= 0.6 is 0 Å². The van der Waals surface area contributed by atoms with Crippen LogP contribution in [0.1, 0.15) is 43.5 Å². The molecule has 0 saturated heterocycles. The van der Waals surface area contributed by atoms with Crippen molar-refractivity contribution in [3.8, 4) is 5.88 Å². The van der Waals surface area contributed by atoms with E-state index in [-0.39, 0.29) is 18.4 Å². The van der Waals surface area contributed by atoms with Crippen molar-refractivity contribution in [3.63, 3.8) is 0 Å². The molecular weight excluding hydrogens is 342 g/mol. The van der Waals surface area contributed by atoms with Crippen LogP contribution in [0.15, 0.2) is 48.0 Å². The molecule has 0 spiro atoms. The summed E-state index contributed by atoms with van der Waals surface area (Å²) < 4.78 is 10.6. The van der Waals surface area contributed by atoms with Gasteiger partial charge in [-0.05, 0) is 38.3 Å². The van der Waals surface area contributed by atoms with E-state index in [2.05, 4.69) is 28.5 Å². The van der Waals surface area contributed by atoms with Crippen LogP contribution in [0.5, 0.6) is 5.88 Å². The first kappa shape index (κ1) is 20.3. The van der Waals surface area contributed by atoms with Gasteiger partial charge in [0.15, 0.2) is 0 Å². The van der Waals surface area contributed by atoms with Gasteiger partial charge < -0.3 is 9.47 Å². The SMILES string of the molecule is C=CC(C)=Nc1nc(C)c(CCCC)c(OC(=O)OCc2ccccc2)n1. The molecule has 0 bridgehead atoms. The normalized spacial score (nSPS) is 11.1. The summed E-state index contributed by atoms with van der Waals surface area (Å²) in [6.07, 6.45) is 3.47. The molecule has 2 rings (SSSR count). The van der Waals surface area contributed by atoms with Crippen LogP contribution in [-0.4, -0.2) is 21.8 Å². The van der Waals surface area contributed by atoms with Gasteiger partial charge in [-0.15, -0.1) is 0 Å². The molecule has 0 fully saturated rings. The van der Waals surface area contributed by atoms with Gasteiger partial charge in [0.1, 0.15) is 6.61 Å². The number of ether oxygens (including phenoxy) is 2. The minimum absolute atomic E-state index is 0.134. The van der Waals surface area contributed by atoms with Gasteiger partial charge in [0.05, 0.1) is 0 Å². The smallest absolute Gasteiger partial charge is 0.429 e. The van der Waals surface area contributed by atoms with Crippen LogP contribution in [0.2, 0.25) is 0 Å². The molecule has 0 amide bonds. The molecule has 0 radical (unpaired) electrons. The number of carbonyl (C=O) groups excluding carboxylic acids is 1. The molecule has 27 heavy (non-hydrogen) atoms. The van der Waals surface area contributed by atoms with Gasteiger partial charge in [-0.3, -0.25) is 0 Å². The number of carbonyl (C=O) groups is 1. The highest BCUT2D eigenvalue weighted by atomic mass is 16.7. The highest BCUT2D eigenvalue weighted by molar-refractivity contribution is 5.93. The van der Waals surface area contributed by atoms with Crippen LogP contribution < -0.4 is 4.74 Å². The average molecular weight is 367 g/mol. The third kappa shape index (κ3) is 6.33. The van der Waals surface area contributed by atoms with Gasteiger partial charge in [0.25, 0.3) is 5.95 Å². The maximum Gasteiger partial charge on any atom is 0.515 e. The summed E-state index contributed by atoms with van der Waals surface area (Å²) in [4.78, 5) is 25.1. The molecule has 2 aromatic rings. The largest absolute Gasteiger partial charge is 0.515 e. The zero-order chi connectivity index (χ0) is 19.6. The molecule has 6 nitrogen and oxygen atoms in total. The van der Waals surface area contributed by atoms with Crippen LogP contribution in [0.25, 0.3) is 0 Å². The second-order valence-corrected chi connectivity index (χ2v) is 6.08. The zero-order valence-electron chi connectivity index (χ0n) is 16.1. The van der Waals surface area contributed by atoms with Crippen molar-refractivity contribution < 1.29 is 14.3 Å². The minimum Gasteiger partial charge on any atom is -0.429 e. The number of benzene rings is 1. The maximum atomic E-state index is 12.2. The van der Waals surface area contributed by atoms with Gasteiger partial charge in [-0.1, -0.05) is 50.3 Å². The van der Waals surface area contributed by atoms with Crippen LogP contribution in [-0.2, 0) is 17.8 Å². The summed E-state index contributed by atoms with van der Waals surface area (Å²) in [5, 5.41) is 0. The quantitative estimate of drug-likeness (QED) is 0.478. The summed E-state index contributed by atoms with van der Waals surface area (Å²) in [6.45, 7) is 9.55. The molecule has 0 aliphatic rings. The third-order valence-electron chi connectivity index (χ3n) is 3.90. The first-order valence-electron chi connectivity index (χ1n) is 8.97. The maximum absolute atomic E-state index is 12.2.